The molecule has 2 rings (SSSR count). The minimum absolute atomic E-state index is 0.226. The third-order valence-corrected chi connectivity index (χ3v) is 2.27. The number of rotatable bonds is 2. The molecule has 0 spiro atoms. The maximum absolute atomic E-state index is 5.52. The maximum atomic E-state index is 5.52. The molecule has 5 heteroatoms. The maximum Gasteiger partial charge on any atom is 0.234 e. The predicted molar refractivity (Wildman–Crippen MR) is 63.5 cm³/mol. The van der Waals surface area contributed by atoms with Gasteiger partial charge in [0.1, 0.15) is 6.33 Å². The normalized spacial score (nSPS) is 10.1. The van der Waals surface area contributed by atoms with Crippen molar-refractivity contribution in [1.29, 1.82) is 0 Å². The summed E-state index contributed by atoms with van der Waals surface area (Å²) in [6, 6.07) is 8.08. The highest BCUT2D eigenvalue weighted by atomic mass is 15.3. The number of aryl methyl sites for hydroxylation is 1. The number of anilines is 3. The quantitative estimate of drug-likeness (QED) is 0.822. The van der Waals surface area contributed by atoms with Crippen molar-refractivity contribution in [3.63, 3.8) is 0 Å². The summed E-state index contributed by atoms with van der Waals surface area (Å²) >= 11 is 0. The van der Waals surface area contributed by atoms with Gasteiger partial charge in [-0.25, -0.2) is 9.97 Å². The summed E-state index contributed by atoms with van der Waals surface area (Å²) in [5.41, 5.74) is 7.72. The van der Waals surface area contributed by atoms with Crippen molar-refractivity contribution in [3.05, 3.63) is 36.2 Å². The van der Waals surface area contributed by atoms with Crippen LogP contribution in [0.25, 0.3) is 0 Å². The van der Waals surface area contributed by atoms with Gasteiger partial charge in [0.15, 0.2) is 0 Å². The first-order chi connectivity index (χ1) is 7.66. The molecule has 5 nitrogen and oxygen atoms in total. The predicted octanol–water partition coefficient (Wildman–Crippen LogP) is 1.53. The fraction of sp³-hybridized carbons (Fsp3) is 0.182. The molecule has 1 heterocycles. The van der Waals surface area contributed by atoms with Gasteiger partial charge in [0, 0.05) is 12.7 Å². The van der Waals surface area contributed by atoms with Crippen molar-refractivity contribution in [2.45, 2.75) is 6.92 Å². The topological polar surface area (TPSA) is 67.9 Å². The molecule has 0 aliphatic heterocycles. The highest BCUT2D eigenvalue weighted by Gasteiger charge is 2.07. The summed E-state index contributed by atoms with van der Waals surface area (Å²) in [6.07, 6.45) is 1.41. The van der Waals surface area contributed by atoms with Crippen LogP contribution in [-0.4, -0.2) is 22.0 Å². The lowest BCUT2D eigenvalue weighted by Gasteiger charge is -2.17. The number of nitrogen functional groups attached to an aromatic ring is 1. The first kappa shape index (κ1) is 10.4. The number of nitrogens with two attached hydrogens (primary N) is 1. The van der Waals surface area contributed by atoms with Crippen LogP contribution in [0.2, 0.25) is 0 Å². The van der Waals surface area contributed by atoms with Crippen LogP contribution in [0.1, 0.15) is 5.56 Å². The molecule has 0 unspecified atom stereocenters. The van der Waals surface area contributed by atoms with Gasteiger partial charge < -0.3 is 10.6 Å². The van der Waals surface area contributed by atoms with Crippen molar-refractivity contribution < 1.29 is 0 Å². The van der Waals surface area contributed by atoms with E-state index in [0.717, 1.165) is 5.69 Å². The van der Waals surface area contributed by atoms with Gasteiger partial charge in [-0.1, -0.05) is 12.1 Å². The monoisotopic (exact) mass is 215 g/mol. The third-order valence-electron chi connectivity index (χ3n) is 2.27. The zero-order valence-electron chi connectivity index (χ0n) is 9.25. The molecule has 1 aromatic carbocycles. The fourth-order valence-corrected chi connectivity index (χ4v) is 1.41. The minimum Gasteiger partial charge on any atom is -0.368 e. The molecule has 0 aliphatic rings. The summed E-state index contributed by atoms with van der Waals surface area (Å²) < 4.78 is 0. The molecule has 0 amide bonds. The average Bonchev–Trinajstić information content (AvgIpc) is 2.28. The number of aromatic nitrogens is 3. The van der Waals surface area contributed by atoms with Gasteiger partial charge in [0.25, 0.3) is 0 Å². The highest BCUT2D eigenvalue weighted by Crippen LogP contribution is 2.20. The number of nitrogens with zero attached hydrogens (tertiary/aromatic N) is 4. The molecule has 2 aromatic rings. The molecule has 82 valence electrons. The summed E-state index contributed by atoms with van der Waals surface area (Å²) in [6.45, 7) is 2.04. The zero-order chi connectivity index (χ0) is 11.5. The van der Waals surface area contributed by atoms with E-state index in [4.69, 9.17) is 5.73 Å². The fourth-order valence-electron chi connectivity index (χ4n) is 1.41. The number of benzene rings is 1. The summed E-state index contributed by atoms with van der Waals surface area (Å²) in [7, 11) is 1.89. The van der Waals surface area contributed by atoms with Crippen LogP contribution in [0, 0.1) is 6.92 Å². The SMILES string of the molecule is Cc1cccc(N(C)c2ncnc(N)n2)c1. The molecular weight excluding hydrogens is 202 g/mol. The van der Waals surface area contributed by atoms with Crippen LogP contribution in [0.5, 0.6) is 0 Å². The Balaban J connectivity index is 2.35. The van der Waals surface area contributed by atoms with E-state index in [-0.39, 0.29) is 5.95 Å². The summed E-state index contributed by atoms with van der Waals surface area (Å²) in [5.74, 6) is 0.766. The van der Waals surface area contributed by atoms with Gasteiger partial charge in [-0.3, -0.25) is 0 Å². The van der Waals surface area contributed by atoms with E-state index in [9.17, 15) is 0 Å². The average molecular weight is 215 g/mol. The Labute approximate surface area is 94.0 Å². The van der Waals surface area contributed by atoms with Crippen molar-refractivity contribution >= 4 is 17.6 Å². The van der Waals surface area contributed by atoms with Crippen LogP contribution in [-0.2, 0) is 0 Å². The van der Waals surface area contributed by atoms with Crippen molar-refractivity contribution in [2.24, 2.45) is 0 Å². The van der Waals surface area contributed by atoms with E-state index in [1.54, 1.807) is 0 Å². The van der Waals surface area contributed by atoms with Crippen molar-refractivity contribution in [1.82, 2.24) is 15.0 Å². The standard InChI is InChI=1S/C11H13N5/c1-8-4-3-5-9(6-8)16(2)11-14-7-13-10(12)15-11/h3-7H,1-2H3,(H2,12,13,14,15). The largest absolute Gasteiger partial charge is 0.368 e. The highest BCUT2D eigenvalue weighted by molar-refractivity contribution is 5.57. The first-order valence-corrected chi connectivity index (χ1v) is 4.92. The molecule has 0 bridgehead atoms. The second kappa shape index (κ2) is 4.14. The Bertz CT molecular complexity index is 452. The Morgan fingerprint density at radius 2 is 2.06 bits per heavy atom. The lowest BCUT2D eigenvalue weighted by Crippen LogP contribution is -2.14. The number of hydrogen-bond donors (Lipinski definition) is 1. The van der Waals surface area contributed by atoms with E-state index in [2.05, 4.69) is 21.0 Å². The molecule has 16 heavy (non-hydrogen) atoms. The lowest BCUT2D eigenvalue weighted by atomic mass is 10.2. The molecule has 0 saturated heterocycles. The van der Waals surface area contributed by atoms with E-state index < -0.39 is 0 Å². The number of hydrogen-bond acceptors (Lipinski definition) is 5. The zero-order valence-corrected chi connectivity index (χ0v) is 9.25. The van der Waals surface area contributed by atoms with Gasteiger partial charge in [-0.05, 0) is 24.6 Å². The van der Waals surface area contributed by atoms with Crippen LogP contribution in [0.15, 0.2) is 30.6 Å². The van der Waals surface area contributed by atoms with Gasteiger partial charge in [0.05, 0.1) is 0 Å². The Hall–Kier alpha value is -2.17. The van der Waals surface area contributed by atoms with Gasteiger partial charge in [0.2, 0.25) is 11.9 Å². The van der Waals surface area contributed by atoms with Crippen molar-refractivity contribution in [3.8, 4) is 0 Å². The van der Waals surface area contributed by atoms with E-state index in [1.807, 2.05) is 37.1 Å². The molecule has 0 aliphatic carbocycles. The van der Waals surface area contributed by atoms with Crippen molar-refractivity contribution in [2.75, 3.05) is 17.7 Å². The smallest absolute Gasteiger partial charge is 0.234 e. The molecule has 1 aromatic heterocycles. The van der Waals surface area contributed by atoms with Gasteiger partial charge in [-0.15, -0.1) is 0 Å². The van der Waals surface area contributed by atoms with Crippen LogP contribution >= 0.6 is 0 Å². The lowest BCUT2D eigenvalue weighted by molar-refractivity contribution is 0.995. The van der Waals surface area contributed by atoms with Crippen LogP contribution < -0.4 is 10.6 Å². The molecule has 0 saturated carbocycles. The van der Waals surface area contributed by atoms with E-state index in [1.165, 1.54) is 11.9 Å². The third kappa shape index (κ3) is 2.08. The van der Waals surface area contributed by atoms with Gasteiger partial charge >= 0.3 is 0 Å². The molecule has 0 radical (unpaired) electrons. The molecule has 0 fully saturated rings. The van der Waals surface area contributed by atoms with Gasteiger partial charge in [-0.2, -0.15) is 4.98 Å². The van der Waals surface area contributed by atoms with Crippen LogP contribution in [0.4, 0.5) is 17.6 Å². The molecule has 0 atom stereocenters. The molecular formula is C11H13N5. The molecule has 2 N–H and O–H groups in total. The van der Waals surface area contributed by atoms with E-state index in [0.29, 0.717) is 5.95 Å². The first-order valence-electron chi connectivity index (χ1n) is 4.92. The van der Waals surface area contributed by atoms with E-state index >= 15 is 0 Å². The second-order valence-corrected chi connectivity index (χ2v) is 3.54. The Kier molecular flexibility index (Phi) is 2.68. The van der Waals surface area contributed by atoms with Crippen LogP contribution in [0.3, 0.4) is 0 Å². The Morgan fingerprint density at radius 1 is 1.25 bits per heavy atom. The second-order valence-electron chi connectivity index (χ2n) is 3.54. The minimum atomic E-state index is 0.226. The Morgan fingerprint density at radius 3 is 2.75 bits per heavy atom. The summed E-state index contributed by atoms with van der Waals surface area (Å²) in [5, 5.41) is 0. The summed E-state index contributed by atoms with van der Waals surface area (Å²) in [4.78, 5) is 13.8.